The zero-order valence-corrected chi connectivity index (χ0v) is 9.51. The molecule has 0 heterocycles. The standard InChI is InChI=1S/C13H21N/c1-4-9-14-10-12(3)13-8-6-5-7-11(13)2/h5-8,12,14H,4,9-10H2,1-3H3. The fourth-order valence-electron chi connectivity index (χ4n) is 1.75. The average molecular weight is 191 g/mol. The molecule has 1 aromatic rings. The Kier molecular flexibility index (Phi) is 4.68. The van der Waals surface area contributed by atoms with Gasteiger partial charge in [-0.25, -0.2) is 0 Å². The normalized spacial score (nSPS) is 12.8. The number of aryl methyl sites for hydroxylation is 1. The molecule has 0 amide bonds. The molecule has 1 N–H and O–H groups in total. The lowest BCUT2D eigenvalue weighted by Gasteiger charge is -2.14. The Hall–Kier alpha value is -0.820. The maximum atomic E-state index is 3.46. The second-order valence-corrected chi connectivity index (χ2v) is 3.96. The summed E-state index contributed by atoms with van der Waals surface area (Å²) in [7, 11) is 0. The monoisotopic (exact) mass is 191 g/mol. The minimum Gasteiger partial charge on any atom is -0.316 e. The predicted octanol–water partition coefficient (Wildman–Crippen LogP) is 3.10. The van der Waals surface area contributed by atoms with Crippen molar-refractivity contribution in [3.8, 4) is 0 Å². The molecule has 1 atom stereocenters. The van der Waals surface area contributed by atoms with E-state index in [9.17, 15) is 0 Å². The highest BCUT2D eigenvalue weighted by Crippen LogP contribution is 2.17. The molecular formula is C13H21N. The van der Waals surface area contributed by atoms with E-state index in [0.29, 0.717) is 5.92 Å². The molecule has 14 heavy (non-hydrogen) atoms. The van der Waals surface area contributed by atoms with Crippen LogP contribution in [0.25, 0.3) is 0 Å². The molecular weight excluding hydrogens is 170 g/mol. The van der Waals surface area contributed by atoms with Crippen molar-refractivity contribution in [1.82, 2.24) is 5.32 Å². The largest absolute Gasteiger partial charge is 0.316 e. The predicted molar refractivity (Wildman–Crippen MR) is 62.8 cm³/mol. The van der Waals surface area contributed by atoms with Crippen LogP contribution in [-0.4, -0.2) is 13.1 Å². The fourth-order valence-corrected chi connectivity index (χ4v) is 1.75. The molecule has 0 bridgehead atoms. The van der Waals surface area contributed by atoms with Gasteiger partial charge in [0.05, 0.1) is 0 Å². The Morgan fingerprint density at radius 1 is 1.29 bits per heavy atom. The van der Waals surface area contributed by atoms with E-state index in [1.165, 1.54) is 17.5 Å². The first kappa shape index (κ1) is 11.3. The molecule has 0 radical (unpaired) electrons. The van der Waals surface area contributed by atoms with Crippen molar-refractivity contribution in [2.75, 3.05) is 13.1 Å². The summed E-state index contributed by atoms with van der Waals surface area (Å²) in [6.45, 7) is 8.87. The van der Waals surface area contributed by atoms with Crippen molar-refractivity contribution < 1.29 is 0 Å². The summed E-state index contributed by atoms with van der Waals surface area (Å²) < 4.78 is 0. The van der Waals surface area contributed by atoms with Crippen LogP contribution in [0.15, 0.2) is 24.3 Å². The SMILES string of the molecule is CCCNCC(C)c1ccccc1C. The third-order valence-electron chi connectivity index (χ3n) is 2.60. The quantitative estimate of drug-likeness (QED) is 0.705. The van der Waals surface area contributed by atoms with Crippen molar-refractivity contribution in [3.05, 3.63) is 35.4 Å². The summed E-state index contributed by atoms with van der Waals surface area (Å²) in [6.07, 6.45) is 1.21. The third kappa shape index (κ3) is 3.15. The summed E-state index contributed by atoms with van der Waals surface area (Å²) in [5.41, 5.74) is 2.87. The van der Waals surface area contributed by atoms with Crippen LogP contribution in [0.3, 0.4) is 0 Å². The van der Waals surface area contributed by atoms with Crippen LogP contribution in [0.4, 0.5) is 0 Å². The third-order valence-corrected chi connectivity index (χ3v) is 2.60. The average Bonchev–Trinajstić information content (AvgIpc) is 2.18. The van der Waals surface area contributed by atoms with E-state index in [1.54, 1.807) is 0 Å². The Morgan fingerprint density at radius 2 is 2.00 bits per heavy atom. The summed E-state index contributed by atoms with van der Waals surface area (Å²) >= 11 is 0. The number of nitrogens with one attached hydrogen (secondary N) is 1. The van der Waals surface area contributed by atoms with Crippen LogP contribution >= 0.6 is 0 Å². The molecule has 0 saturated heterocycles. The lowest BCUT2D eigenvalue weighted by atomic mass is 9.96. The van der Waals surface area contributed by atoms with E-state index in [4.69, 9.17) is 0 Å². The first-order chi connectivity index (χ1) is 6.75. The van der Waals surface area contributed by atoms with Crippen LogP contribution in [0, 0.1) is 6.92 Å². The van der Waals surface area contributed by atoms with E-state index in [2.05, 4.69) is 50.4 Å². The van der Waals surface area contributed by atoms with Crippen LogP contribution < -0.4 is 5.32 Å². The maximum absolute atomic E-state index is 3.46. The molecule has 0 fully saturated rings. The van der Waals surface area contributed by atoms with Gasteiger partial charge in [-0.3, -0.25) is 0 Å². The van der Waals surface area contributed by atoms with Crippen LogP contribution in [0.5, 0.6) is 0 Å². The molecule has 1 aromatic carbocycles. The van der Waals surface area contributed by atoms with E-state index in [-0.39, 0.29) is 0 Å². The molecule has 1 rings (SSSR count). The van der Waals surface area contributed by atoms with Crippen LogP contribution in [-0.2, 0) is 0 Å². The zero-order valence-electron chi connectivity index (χ0n) is 9.51. The van der Waals surface area contributed by atoms with Gasteiger partial charge in [-0.1, -0.05) is 38.1 Å². The summed E-state index contributed by atoms with van der Waals surface area (Å²) in [6, 6.07) is 8.64. The van der Waals surface area contributed by atoms with Gasteiger partial charge in [0, 0.05) is 6.54 Å². The molecule has 1 unspecified atom stereocenters. The fraction of sp³-hybridized carbons (Fsp3) is 0.538. The van der Waals surface area contributed by atoms with Crippen molar-refractivity contribution in [1.29, 1.82) is 0 Å². The first-order valence-corrected chi connectivity index (χ1v) is 5.52. The van der Waals surface area contributed by atoms with E-state index < -0.39 is 0 Å². The van der Waals surface area contributed by atoms with Crippen molar-refractivity contribution in [2.45, 2.75) is 33.1 Å². The Labute approximate surface area is 87.5 Å². The van der Waals surface area contributed by atoms with Gasteiger partial charge < -0.3 is 5.32 Å². The number of rotatable bonds is 5. The molecule has 78 valence electrons. The van der Waals surface area contributed by atoms with Gasteiger partial charge in [0.2, 0.25) is 0 Å². The topological polar surface area (TPSA) is 12.0 Å². The number of benzene rings is 1. The second-order valence-electron chi connectivity index (χ2n) is 3.96. The van der Waals surface area contributed by atoms with E-state index in [0.717, 1.165) is 13.1 Å². The summed E-state index contributed by atoms with van der Waals surface area (Å²) in [5, 5.41) is 3.46. The Bertz CT molecular complexity index is 268. The minimum absolute atomic E-state index is 0.614. The van der Waals surface area contributed by atoms with E-state index >= 15 is 0 Å². The molecule has 1 nitrogen and oxygen atoms in total. The molecule has 0 aliphatic heterocycles. The van der Waals surface area contributed by atoms with Crippen molar-refractivity contribution in [2.24, 2.45) is 0 Å². The van der Waals surface area contributed by atoms with Gasteiger partial charge in [-0.2, -0.15) is 0 Å². The van der Waals surface area contributed by atoms with Crippen LogP contribution in [0.2, 0.25) is 0 Å². The lowest BCUT2D eigenvalue weighted by molar-refractivity contribution is 0.607. The van der Waals surface area contributed by atoms with Crippen molar-refractivity contribution in [3.63, 3.8) is 0 Å². The van der Waals surface area contributed by atoms with Gasteiger partial charge in [-0.05, 0) is 36.9 Å². The van der Waals surface area contributed by atoms with Gasteiger partial charge in [0.15, 0.2) is 0 Å². The second kappa shape index (κ2) is 5.82. The Balaban J connectivity index is 2.51. The highest BCUT2D eigenvalue weighted by molar-refractivity contribution is 5.28. The van der Waals surface area contributed by atoms with Gasteiger partial charge >= 0.3 is 0 Å². The molecule has 0 spiro atoms. The highest BCUT2D eigenvalue weighted by atomic mass is 14.8. The van der Waals surface area contributed by atoms with Gasteiger partial charge in [-0.15, -0.1) is 0 Å². The maximum Gasteiger partial charge on any atom is 0.00175 e. The highest BCUT2D eigenvalue weighted by Gasteiger charge is 2.06. The first-order valence-electron chi connectivity index (χ1n) is 5.52. The summed E-state index contributed by atoms with van der Waals surface area (Å²) in [4.78, 5) is 0. The van der Waals surface area contributed by atoms with Crippen molar-refractivity contribution >= 4 is 0 Å². The minimum atomic E-state index is 0.614. The van der Waals surface area contributed by atoms with E-state index in [1.807, 2.05) is 0 Å². The van der Waals surface area contributed by atoms with Gasteiger partial charge in [0.25, 0.3) is 0 Å². The lowest BCUT2D eigenvalue weighted by Crippen LogP contribution is -2.21. The molecule has 0 aromatic heterocycles. The smallest absolute Gasteiger partial charge is 0.00175 e. The molecule has 0 saturated carbocycles. The molecule has 1 heteroatoms. The van der Waals surface area contributed by atoms with Gasteiger partial charge in [0.1, 0.15) is 0 Å². The number of hydrogen-bond donors (Lipinski definition) is 1. The molecule has 0 aliphatic rings. The Morgan fingerprint density at radius 3 is 2.64 bits per heavy atom. The van der Waals surface area contributed by atoms with Crippen LogP contribution in [0.1, 0.15) is 37.3 Å². The molecule has 0 aliphatic carbocycles. The summed E-state index contributed by atoms with van der Waals surface area (Å²) in [5.74, 6) is 0.614. The zero-order chi connectivity index (χ0) is 10.4. The number of hydrogen-bond acceptors (Lipinski definition) is 1.